The van der Waals surface area contributed by atoms with Crippen molar-refractivity contribution in [2.24, 2.45) is 0 Å². The highest BCUT2D eigenvalue weighted by Crippen LogP contribution is 2.31. The lowest BCUT2D eigenvalue weighted by atomic mass is 10.1. The van der Waals surface area contributed by atoms with Crippen LogP contribution < -0.4 is 9.37 Å². The minimum Gasteiger partial charge on any atom is -0.375 e. The van der Waals surface area contributed by atoms with Crippen molar-refractivity contribution in [1.82, 2.24) is 0 Å². The Bertz CT molecular complexity index is 808. The van der Waals surface area contributed by atoms with E-state index in [0.717, 1.165) is 5.19 Å². The van der Waals surface area contributed by atoms with E-state index in [9.17, 15) is 21.6 Å². The third-order valence-corrected chi connectivity index (χ3v) is 6.16. The average molecular weight is 348 g/mol. The van der Waals surface area contributed by atoms with E-state index in [-0.39, 0.29) is 5.75 Å². The third kappa shape index (κ3) is 3.27. The predicted molar refractivity (Wildman–Crippen MR) is 82.5 cm³/mol. The Labute approximate surface area is 127 Å². The summed E-state index contributed by atoms with van der Waals surface area (Å²) in [7, 11) is -7.55. The van der Waals surface area contributed by atoms with Crippen molar-refractivity contribution in [2.45, 2.75) is 25.1 Å². The number of hydrogen-bond donors (Lipinski definition) is 0. The third-order valence-electron chi connectivity index (χ3n) is 3.17. The molecule has 120 valence electrons. The van der Waals surface area contributed by atoms with Gasteiger partial charge in [-0.25, -0.2) is 0 Å². The van der Waals surface area contributed by atoms with Gasteiger partial charge in [0.25, 0.3) is 0 Å². The van der Waals surface area contributed by atoms with Crippen LogP contribution in [0.25, 0.3) is 10.8 Å². The van der Waals surface area contributed by atoms with Crippen molar-refractivity contribution in [1.29, 1.82) is 0 Å². The zero-order valence-corrected chi connectivity index (χ0v) is 14.0. The van der Waals surface area contributed by atoms with Crippen LogP contribution in [0.1, 0.15) is 0 Å². The number of hydrogen-bond acceptors (Lipinski definition) is 3. The first kappa shape index (κ1) is 16.8. The van der Waals surface area contributed by atoms with Crippen molar-refractivity contribution in [3.05, 3.63) is 36.4 Å². The van der Waals surface area contributed by atoms with Gasteiger partial charge >= 0.3 is 15.6 Å². The largest absolute Gasteiger partial charge is 0.534 e. The molecule has 0 amide bonds. The monoisotopic (exact) mass is 348 g/mol. The maximum absolute atomic E-state index is 12.5. The van der Waals surface area contributed by atoms with Gasteiger partial charge in [-0.1, -0.05) is 55.2 Å². The minimum absolute atomic E-state index is 0.284. The standard InChI is InChI=1S/C14H15F3O3SSi/c1-22(2,3)11-8-10-6-4-5-7-12(10)13(9-11)20-21(18,19)14(15,16)17/h4-9H,1-3H3. The fourth-order valence-electron chi connectivity index (χ4n) is 1.94. The molecule has 0 fully saturated rings. The van der Waals surface area contributed by atoms with Crippen LogP contribution in [0.3, 0.4) is 0 Å². The zero-order chi connectivity index (χ0) is 16.8. The van der Waals surface area contributed by atoms with Crippen molar-refractivity contribution in [2.75, 3.05) is 0 Å². The second-order valence-corrected chi connectivity index (χ2v) is 12.5. The van der Waals surface area contributed by atoms with Crippen LogP contribution in [-0.2, 0) is 10.1 Å². The van der Waals surface area contributed by atoms with Crippen LogP contribution in [0.2, 0.25) is 19.6 Å². The zero-order valence-electron chi connectivity index (χ0n) is 12.2. The smallest absolute Gasteiger partial charge is 0.375 e. The molecule has 2 rings (SSSR count). The van der Waals surface area contributed by atoms with E-state index in [1.807, 2.05) is 25.7 Å². The molecule has 0 aromatic heterocycles. The molecular weight excluding hydrogens is 333 g/mol. The van der Waals surface area contributed by atoms with Gasteiger partial charge in [0.15, 0.2) is 5.75 Å². The Hall–Kier alpha value is -1.54. The summed E-state index contributed by atoms with van der Waals surface area (Å²) in [6.45, 7) is 6.04. The molecular formula is C14H15F3O3SSi. The summed E-state index contributed by atoms with van der Waals surface area (Å²) < 4.78 is 64.6. The number of benzene rings is 2. The topological polar surface area (TPSA) is 43.4 Å². The lowest BCUT2D eigenvalue weighted by molar-refractivity contribution is -0.0499. The summed E-state index contributed by atoms with van der Waals surface area (Å²) in [5.41, 5.74) is -5.46. The molecule has 2 aromatic carbocycles. The summed E-state index contributed by atoms with van der Waals surface area (Å²) in [5.74, 6) is -0.284. The molecule has 0 saturated carbocycles. The maximum atomic E-state index is 12.5. The molecule has 8 heteroatoms. The molecule has 22 heavy (non-hydrogen) atoms. The summed E-state index contributed by atoms with van der Waals surface area (Å²) in [5, 5.41) is 1.80. The van der Waals surface area contributed by atoms with Gasteiger partial charge in [0.1, 0.15) is 0 Å². The van der Waals surface area contributed by atoms with Gasteiger partial charge in [0.2, 0.25) is 0 Å². The van der Waals surface area contributed by atoms with Gasteiger partial charge in [-0.2, -0.15) is 21.6 Å². The van der Waals surface area contributed by atoms with Crippen molar-refractivity contribution >= 4 is 34.2 Å². The first-order chi connectivity index (χ1) is 9.92. The lowest BCUT2D eigenvalue weighted by Gasteiger charge is -2.19. The van der Waals surface area contributed by atoms with E-state index in [2.05, 4.69) is 4.18 Å². The Kier molecular flexibility index (Phi) is 4.03. The van der Waals surface area contributed by atoms with Crippen molar-refractivity contribution in [3.63, 3.8) is 0 Å². The quantitative estimate of drug-likeness (QED) is 0.483. The maximum Gasteiger partial charge on any atom is 0.534 e. The molecule has 0 aliphatic rings. The summed E-state index contributed by atoms with van der Waals surface area (Å²) >= 11 is 0. The van der Waals surface area contributed by atoms with Crippen LogP contribution >= 0.6 is 0 Å². The summed E-state index contributed by atoms with van der Waals surface area (Å²) in [6, 6.07) is 9.87. The first-order valence-electron chi connectivity index (χ1n) is 6.46. The van der Waals surface area contributed by atoms with E-state index in [4.69, 9.17) is 0 Å². The van der Waals surface area contributed by atoms with E-state index in [0.29, 0.717) is 10.8 Å². The van der Waals surface area contributed by atoms with Gasteiger partial charge in [-0.05, 0) is 11.5 Å². The van der Waals surface area contributed by atoms with Gasteiger partial charge in [-0.3, -0.25) is 0 Å². The molecule has 3 nitrogen and oxygen atoms in total. The first-order valence-corrected chi connectivity index (χ1v) is 11.4. The Morgan fingerprint density at radius 1 is 1.05 bits per heavy atom. The van der Waals surface area contributed by atoms with Gasteiger partial charge in [0.05, 0.1) is 8.07 Å². The molecule has 0 radical (unpaired) electrons. The fourth-order valence-corrected chi connectivity index (χ4v) is 3.56. The van der Waals surface area contributed by atoms with Gasteiger partial charge in [0, 0.05) is 5.39 Å². The van der Waals surface area contributed by atoms with E-state index >= 15 is 0 Å². The van der Waals surface area contributed by atoms with E-state index < -0.39 is 23.7 Å². The molecule has 0 N–H and O–H groups in total. The Morgan fingerprint density at radius 3 is 2.18 bits per heavy atom. The second kappa shape index (κ2) is 5.27. The van der Waals surface area contributed by atoms with E-state index in [1.54, 1.807) is 18.2 Å². The SMILES string of the molecule is C[Si](C)(C)c1cc(OS(=O)(=O)C(F)(F)F)c2ccccc2c1. The summed E-state index contributed by atoms with van der Waals surface area (Å²) in [6.07, 6.45) is 0. The number of alkyl halides is 3. The number of rotatable bonds is 3. The van der Waals surface area contributed by atoms with Crippen LogP contribution in [0.5, 0.6) is 5.75 Å². The molecule has 0 aliphatic carbocycles. The van der Waals surface area contributed by atoms with Crippen molar-refractivity contribution < 1.29 is 25.8 Å². The molecule has 0 spiro atoms. The second-order valence-electron chi connectivity index (χ2n) is 5.93. The molecule has 0 unspecified atom stereocenters. The number of halogens is 3. The highest BCUT2D eigenvalue weighted by Gasteiger charge is 2.48. The Balaban J connectivity index is 2.67. The lowest BCUT2D eigenvalue weighted by Crippen LogP contribution is -2.37. The van der Waals surface area contributed by atoms with E-state index in [1.165, 1.54) is 12.1 Å². The molecule has 0 atom stereocenters. The number of fused-ring (bicyclic) bond motifs is 1. The fraction of sp³-hybridized carbons (Fsp3) is 0.286. The van der Waals surface area contributed by atoms with Crippen LogP contribution in [0.15, 0.2) is 36.4 Å². The highest BCUT2D eigenvalue weighted by molar-refractivity contribution is 7.88. The van der Waals surface area contributed by atoms with Crippen LogP contribution in [0.4, 0.5) is 13.2 Å². The molecule has 0 aliphatic heterocycles. The average Bonchev–Trinajstić information content (AvgIpc) is 2.35. The molecule has 0 heterocycles. The van der Waals surface area contributed by atoms with Crippen molar-refractivity contribution in [3.8, 4) is 5.75 Å². The minimum atomic E-state index is -5.69. The Morgan fingerprint density at radius 2 is 1.64 bits per heavy atom. The van der Waals surface area contributed by atoms with Crippen LogP contribution in [-0.4, -0.2) is 22.0 Å². The van der Waals surface area contributed by atoms with Crippen LogP contribution in [0, 0.1) is 0 Å². The predicted octanol–water partition coefficient (Wildman–Crippen LogP) is 3.61. The summed E-state index contributed by atoms with van der Waals surface area (Å²) in [4.78, 5) is 0. The normalized spacial score (nSPS) is 13.4. The molecule has 0 bridgehead atoms. The van der Waals surface area contributed by atoms with Gasteiger partial charge < -0.3 is 4.18 Å². The van der Waals surface area contributed by atoms with Gasteiger partial charge in [-0.15, -0.1) is 0 Å². The molecule has 0 saturated heterocycles. The molecule has 2 aromatic rings. The highest BCUT2D eigenvalue weighted by atomic mass is 32.2.